The van der Waals surface area contributed by atoms with Gasteiger partial charge in [-0.1, -0.05) is 32.4 Å². The molecule has 0 saturated heterocycles. The summed E-state index contributed by atoms with van der Waals surface area (Å²) in [5.74, 6) is -0.279. The molecule has 1 aromatic rings. The third-order valence-electron chi connectivity index (χ3n) is 2.50. The minimum absolute atomic E-state index is 0.00461. The van der Waals surface area contributed by atoms with Crippen LogP contribution in [-0.4, -0.2) is 32.8 Å². The van der Waals surface area contributed by atoms with Crippen LogP contribution in [0.5, 0.6) is 0 Å². The number of amides is 1. The summed E-state index contributed by atoms with van der Waals surface area (Å²) in [6, 6.07) is 4.04. The molecule has 0 fully saturated rings. The quantitative estimate of drug-likeness (QED) is 0.794. The molecule has 0 aliphatic heterocycles. The number of benzene rings is 1. The molecule has 0 radical (unpaired) electrons. The molecule has 0 bridgehead atoms. The lowest BCUT2D eigenvalue weighted by Crippen LogP contribution is -2.34. The maximum absolute atomic E-state index is 12.3. The number of carbonyl (C=O) groups excluding carboxylic acids is 1. The zero-order valence-corrected chi connectivity index (χ0v) is 14.1. The first-order valence-electron chi connectivity index (χ1n) is 5.91. The SMILES string of the molecule is CN(CC(C)(C)C)C(=O)c1ccc(Cl)c(S(=O)(=O)Cl)c1. The first-order valence-corrected chi connectivity index (χ1v) is 8.60. The third-order valence-corrected chi connectivity index (χ3v) is 4.30. The Kier molecular flexibility index (Phi) is 5.11. The largest absolute Gasteiger partial charge is 0.341 e. The number of hydrogen-bond acceptors (Lipinski definition) is 3. The molecule has 0 atom stereocenters. The van der Waals surface area contributed by atoms with Crippen molar-refractivity contribution in [2.45, 2.75) is 25.7 Å². The van der Waals surface area contributed by atoms with Gasteiger partial charge in [0.15, 0.2) is 0 Å². The summed E-state index contributed by atoms with van der Waals surface area (Å²) >= 11 is 5.78. The second-order valence-electron chi connectivity index (χ2n) is 5.80. The summed E-state index contributed by atoms with van der Waals surface area (Å²) in [5.41, 5.74) is 0.179. The summed E-state index contributed by atoms with van der Waals surface area (Å²) in [7, 11) is 2.97. The zero-order chi connectivity index (χ0) is 15.7. The van der Waals surface area contributed by atoms with E-state index >= 15 is 0 Å². The fraction of sp³-hybridized carbons (Fsp3) is 0.462. The predicted molar refractivity (Wildman–Crippen MR) is 80.9 cm³/mol. The van der Waals surface area contributed by atoms with Gasteiger partial charge in [-0.3, -0.25) is 4.79 Å². The summed E-state index contributed by atoms with van der Waals surface area (Å²) in [6.07, 6.45) is 0. The van der Waals surface area contributed by atoms with Crippen LogP contribution in [0.2, 0.25) is 5.02 Å². The second kappa shape index (κ2) is 5.92. The Bertz CT molecular complexity index is 621. The van der Waals surface area contributed by atoms with Gasteiger partial charge >= 0.3 is 0 Å². The molecular weight excluding hydrogens is 321 g/mol. The maximum Gasteiger partial charge on any atom is 0.262 e. The van der Waals surface area contributed by atoms with E-state index in [4.69, 9.17) is 22.3 Å². The Morgan fingerprint density at radius 2 is 1.85 bits per heavy atom. The lowest BCUT2D eigenvalue weighted by molar-refractivity contribution is 0.0745. The van der Waals surface area contributed by atoms with E-state index in [2.05, 4.69) is 0 Å². The Hall–Kier alpha value is -0.780. The fourth-order valence-electron chi connectivity index (χ4n) is 1.83. The van der Waals surface area contributed by atoms with Crippen molar-refractivity contribution in [1.29, 1.82) is 0 Å². The van der Waals surface area contributed by atoms with Gasteiger partial charge in [0.2, 0.25) is 0 Å². The number of nitrogens with zero attached hydrogens (tertiary/aromatic N) is 1. The van der Waals surface area contributed by atoms with Crippen molar-refractivity contribution < 1.29 is 13.2 Å². The van der Waals surface area contributed by atoms with Gasteiger partial charge in [-0.2, -0.15) is 0 Å². The topological polar surface area (TPSA) is 54.5 Å². The molecule has 0 heterocycles. The van der Waals surface area contributed by atoms with Crippen molar-refractivity contribution in [3.63, 3.8) is 0 Å². The molecule has 0 spiro atoms. The molecule has 4 nitrogen and oxygen atoms in total. The van der Waals surface area contributed by atoms with Gasteiger partial charge in [-0.15, -0.1) is 0 Å². The van der Waals surface area contributed by atoms with Gasteiger partial charge in [0.05, 0.1) is 5.02 Å². The minimum atomic E-state index is -3.98. The van der Waals surface area contributed by atoms with Crippen LogP contribution in [0.4, 0.5) is 0 Å². The summed E-state index contributed by atoms with van der Waals surface area (Å²) in [5, 5.41) is -0.00461. The van der Waals surface area contributed by atoms with E-state index in [0.29, 0.717) is 6.54 Å². The van der Waals surface area contributed by atoms with Crippen LogP contribution in [0.25, 0.3) is 0 Å². The van der Waals surface area contributed by atoms with E-state index in [-0.39, 0.29) is 26.8 Å². The average molecular weight is 338 g/mol. The highest BCUT2D eigenvalue weighted by Crippen LogP contribution is 2.26. The summed E-state index contributed by atoms with van der Waals surface area (Å²) in [4.78, 5) is 13.5. The number of hydrogen-bond donors (Lipinski definition) is 0. The van der Waals surface area contributed by atoms with E-state index in [1.54, 1.807) is 7.05 Å². The van der Waals surface area contributed by atoms with E-state index < -0.39 is 9.05 Å². The molecule has 1 amide bonds. The zero-order valence-electron chi connectivity index (χ0n) is 11.8. The molecular formula is C13H17Cl2NO3S. The molecule has 1 rings (SSSR count). The third kappa shape index (κ3) is 4.65. The van der Waals surface area contributed by atoms with Gasteiger partial charge in [0.1, 0.15) is 4.90 Å². The van der Waals surface area contributed by atoms with Crippen LogP contribution in [0.1, 0.15) is 31.1 Å². The Labute approximate surface area is 129 Å². The van der Waals surface area contributed by atoms with Gasteiger partial charge in [-0.05, 0) is 23.6 Å². The number of rotatable bonds is 3. The van der Waals surface area contributed by atoms with Crippen molar-refractivity contribution >= 4 is 37.2 Å². The molecule has 0 saturated carbocycles. The van der Waals surface area contributed by atoms with Crippen molar-refractivity contribution in [2.75, 3.05) is 13.6 Å². The maximum atomic E-state index is 12.3. The normalized spacial score (nSPS) is 12.3. The van der Waals surface area contributed by atoms with Crippen molar-refractivity contribution in [2.24, 2.45) is 5.41 Å². The molecule has 7 heteroatoms. The molecule has 0 aromatic heterocycles. The lowest BCUT2D eigenvalue weighted by Gasteiger charge is -2.26. The average Bonchev–Trinajstić information content (AvgIpc) is 2.24. The van der Waals surface area contributed by atoms with Crippen molar-refractivity contribution in [3.8, 4) is 0 Å². The Morgan fingerprint density at radius 1 is 1.30 bits per heavy atom. The smallest absolute Gasteiger partial charge is 0.262 e. The molecule has 0 unspecified atom stereocenters. The van der Waals surface area contributed by atoms with Crippen LogP contribution >= 0.6 is 22.3 Å². The van der Waals surface area contributed by atoms with Crippen LogP contribution in [0, 0.1) is 5.41 Å². The molecule has 1 aromatic carbocycles. The van der Waals surface area contributed by atoms with E-state index in [9.17, 15) is 13.2 Å². The minimum Gasteiger partial charge on any atom is -0.341 e. The van der Waals surface area contributed by atoms with E-state index in [0.717, 1.165) is 0 Å². The summed E-state index contributed by atoms with van der Waals surface area (Å²) in [6.45, 7) is 6.56. The van der Waals surface area contributed by atoms with E-state index in [1.807, 2.05) is 20.8 Å². The van der Waals surface area contributed by atoms with E-state index in [1.165, 1.54) is 23.1 Å². The molecule has 0 aliphatic carbocycles. The Morgan fingerprint density at radius 3 is 2.30 bits per heavy atom. The fourth-order valence-corrected chi connectivity index (χ4v) is 3.32. The van der Waals surface area contributed by atoms with Gasteiger partial charge in [-0.25, -0.2) is 8.42 Å². The van der Waals surface area contributed by atoms with Gasteiger partial charge < -0.3 is 4.90 Å². The molecule has 20 heavy (non-hydrogen) atoms. The molecule has 112 valence electrons. The van der Waals surface area contributed by atoms with Crippen LogP contribution in [0.3, 0.4) is 0 Å². The monoisotopic (exact) mass is 337 g/mol. The van der Waals surface area contributed by atoms with Crippen LogP contribution in [0.15, 0.2) is 23.1 Å². The van der Waals surface area contributed by atoms with Gasteiger partial charge in [0.25, 0.3) is 15.0 Å². The summed E-state index contributed by atoms with van der Waals surface area (Å²) < 4.78 is 22.8. The van der Waals surface area contributed by atoms with Gasteiger partial charge in [0, 0.05) is 29.8 Å². The first-order chi connectivity index (χ1) is 8.92. The highest BCUT2D eigenvalue weighted by molar-refractivity contribution is 8.13. The number of carbonyl (C=O) groups is 1. The predicted octanol–water partition coefficient (Wildman–Crippen LogP) is 3.39. The number of halogens is 2. The highest BCUT2D eigenvalue weighted by Gasteiger charge is 2.22. The van der Waals surface area contributed by atoms with Crippen molar-refractivity contribution in [1.82, 2.24) is 4.90 Å². The lowest BCUT2D eigenvalue weighted by atomic mass is 9.96. The molecule has 0 aliphatic rings. The Balaban J connectivity index is 3.13. The van der Waals surface area contributed by atoms with Crippen LogP contribution < -0.4 is 0 Å². The first kappa shape index (κ1) is 17.3. The standard InChI is InChI=1S/C13H17Cl2NO3S/c1-13(2,3)8-16(4)12(17)9-5-6-10(14)11(7-9)20(15,18)19/h5-7H,8H2,1-4H3. The molecule has 0 N–H and O–H groups in total. The second-order valence-corrected chi connectivity index (χ2v) is 8.75. The van der Waals surface area contributed by atoms with Crippen molar-refractivity contribution in [3.05, 3.63) is 28.8 Å². The highest BCUT2D eigenvalue weighted by atomic mass is 35.7. The van der Waals surface area contributed by atoms with Crippen LogP contribution in [-0.2, 0) is 9.05 Å².